The quantitative estimate of drug-likeness (QED) is 0.911. The van der Waals surface area contributed by atoms with Crippen LogP contribution in [0.2, 0.25) is 5.02 Å². The maximum atomic E-state index is 10.6. The molecule has 2 heterocycles. The van der Waals surface area contributed by atoms with Crippen LogP contribution in [-0.2, 0) is 6.42 Å². The van der Waals surface area contributed by atoms with Crippen molar-refractivity contribution in [1.82, 2.24) is 9.97 Å². The second kappa shape index (κ2) is 7.49. The van der Waals surface area contributed by atoms with E-state index < -0.39 is 6.10 Å². The zero-order valence-corrected chi connectivity index (χ0v) is 15.0. The van der Waals surface area contributed by atoms with E-state index in [0.29, 0.717) is 5.02 Å². The standard InChI is InChI=1S/C19H24ClN3O/c1-3-17-12-18(22-13(2)21-17)23-10-8-15(9-11-23)19(24)14-4-6-16(20)7-5-14/h4-7,12,15,19,24H,3,8-11H2,1-2H3. The summed E-state index contributed by atoms with van der Waals surface area (Å²) in [7, 11) is 0. The molecule has 2 aromatic rings. The molecule has 1 saturated heterocycles. The number of nitrogens with zero attached hydrogens (tertiary/aromatic N) is 3. The maximum absolute atomic E-state index is 10.6. The normalized spacial score (nSPS) is 17.1. The van der Waals surface area contributed by atoms with Gasteiger partial charge in [0.1, 0.15) is 11.6 Å². The number of rotatable bonds is 4. The molecule has 1 atom stereocenters. The van der Waals surface area contributed by atoms with E-state index in [9.17, 15) is 5.11 Å². The highest BCUT2D eigenvalue weighted by Crippen LogP contribution is 2.32. The Labute approximate surface area is 148 Å². The Kier molecular flexibility index (Phi) is 5.36. The Hall–Kier alpha value is -1.65. The summed E-state index contributed by atoms with van der Waals surface area (Å²) in [6.45, 7) is 5.88. The van der Waals surface area contributed by atoms with Crippen molar-refractivity contribution in [2.45, 2.75) is 39.2 Å². The van der Waals surface area contributed by atoms with Gasteiger partial charge in [0.05, 0.1) is 6.10 Å². The summed E-state index contributed by atoms with van der Waals surface area (Å²) in [5.74, 6) is 2.11. The van der Waals surface area contributed by atoms with E-state index in [-0.39, 0.29) is 5.92 Å². The van der Waals surface area contributed by atoms with Crippen LogP contribution in [0, 0.1) is 12.8 Å². The van der Waals surface area contributed by atoms with Crippen molar-refractivity contribution >= 4 is 17.4 Å². The van der Waals surface area contributed by atoms with Crippen molar-refractivity contribution in [1.29, 1.82) is 0 Å². The number of halogens is 1. The largest absolute Gasteiger partial charge is 0.388 e. The summed E-state index contributed by atoms with van der Waals surface area (Å²) in [6, 6.07) is 9.60. The predicted molar refractivity (Wildman–Crippen MR) is 97.5 cm³/mol. The molecule has 0 spiro atoms. The lowest BCUT2D eigenvalue weighted by atomic mass is 9.87. The Morgan fingerprint density at radius 2 is 1.88 bits per heavy atom. The monoisotopic (exact) mass is 345 g/mol. The smallest absolute Gasteiger partial charge is 0.132 e. The van der Waals surface area contributed by atoms with Crippen LogP contribution in [0.3, 0.4) is 0 Å². The molecule has 1 aliphatic rings. The summed E-state index contributed by atoms with van der Waals surface area (Å²) in [5, 5.41) is 11.3. The third kappa shape index (κ3) is 3.87. The first kappa shape index (κ1) is 17.2. The molecule has 0 bridgehead atoms. The number of benzene rings is 1. The van der Waals surface area contributed by atoms with E-state index in [1.165, 1.54) is 0 Å². The molecule has 0 radical (unpaired) electrons. The van der Waals surface area contributed by atoms with Gasteiger partial charge in [-0.3, -0.25) is 0 Å². The molecule has 128 valence electrons. The van der Waals surface area contributed by atoms with Crippen LogP contribution >= 0.6 is 11.6 Å². The Morgan fingerprint density at radius 1 is 1.21 bits per heavy atom. The first-order valence-electron chi connectivity index (χ1n) is 8.60. The lowest BCUT2D eigenvalue weighted by Crippen LogP contribution is -2.36. The Balaban J connectivity index is 1.65. The van der Waals surface area contributed by atoms with Crippen molar-refractivity contribution < 1.29 is 5.11 Å². The van der Waals surface area contributed by atoms with Gasteiger partial charge >= 0.3 is 0 Å². The van der Waals surface area contributed by atoms with Crippen LogP contribution < -0.4 is 4.90 Å². The molecule has 3 rings (SSSR count). The van der Waals surface area contributed by atoms with Crippen LogP contribution in [0.4, 0.5) is 5.82 Å². The van der Waals surface area contributed by atoms with E-state index in [2.05, 4.69) is 27.9 Å². The maximum Gasteiger partial charge on any atom is 0.132 e. The van der Waals surface area contributed by atoms with Gasteiger partial charge in [0.2, 0.25) is 0 Å². The third-order valence-electron chi connectivity index (χ3n) is 4.76. The highest BCUT2D eigenvalue weighted by molar-refractivity contribution is 6.30. The highest BCUT2D eigenvalue weighted by atomic mass is 35.5. The molecule has 1 fully saturated rings. The highest BCUT2D eigenvalue weighted by Gasteiger charge is 2.27. The minimum atomic E-state index is -0.428. The van der Waals surface area contributed by atoms with Crippen LogP contribution in [0.1, 0.15) is 43.0 Å². The Morgan fingerprint density at radius 3 is 2.50 bits per heavy atom. The van der Waals surface area contributed by atoms with Gasteiger partial charge in [0.25, 0.3) is 0 Å². The molecule has 1 aromatic heterocycles. The molecule has 0 saturated carbocycles. The van der Waals surface area contributed by atoms with Crippen molar-refractivity contribution in [2.24, 2.45) is 5.92 Å². The fourth-order valence-electron chi connectivity index (χ4n) is 3.33. The molecular formula is C19H24ClN3O. The van der Waals surface area contributed by atoms with Gasteiger partial charge in [-0.2, -0.15) is 0 Å². The SMILES string of the molecule is CCc1cc(N2CCC(C(O)c3ccc(Cl)cc3)CC2)nc(C)n1. The number of hydrogen-bond donors (Lipinski definition) is 1. The van der Waals surface area contributed by atoms with E-state index >= 15 is 0 Å². The summed E-state index contributed by atoms with van der Waals surface area (Å²) in [4.78, 5) is 11.3. The molecule has 0 aliphatic carbocycles. The van der Waals surface area contributed by atoms with Crippen molar-refractivity contribution in [2.75, 3.05) is 18.0 Å². The van der Waals surface area contributed by atoms with E-state index in [0.717, 1.165) is 55.3 Å². The van der Waals surface area contributed by atoms with Crippen molar-refractivity contribution in [3.8, 4) is 0 Å². The minimum Gasteiger partial charge on any atom is -0.388 e. The lowest BCUT2D eigenvalue weighted by Gasteiger charge is -2.35. The number of aryl methyl sites for hydroxylation is 2. The number of anilines is 1. The van der Waals surface area contributed by atoms with Crippen LogP contribution in [0.25, 0.3) is 0 Å². The number of aliphatic hydroxyl groups is 1. The van der Waals surface area contributed by atoms with Gasteiger partial charge in [0, 0.05) is 29.9 Å². The number of aromatic nitrogens is 2. The van der Waals surface area contributed by atoms with Gasteiger partial charge in [-0.05, 0) is 49.8 Å². The number of hydrogen-bond acceptors (Lipinski definition) is 4. The third-order valence-corrected chi connectivity index (χ3v) is 5.01. The summed E-state index contributed by atoms with van der Waals surface area (Å²) in [5.41, 5.74) is 2.03. The van der Waals surface area contributed by atoms with Crippen LogP contribution in [0.5, 0.6) is 0 Å². The topological polar surface area (TPSA) is 49.2 Å². The van der Waals surface area contributed by atoms with E-state index in [1.54, 1.807) is 0 Å². The minimum absolute atomic E-state index is 0.274. The molecule has 1 aliphatic heterocycles. The second-order valence-corrected chi connectivity index (χ2v) is 6.88. The summed E-state index contributed by atoms with van der Waals surface area (Å²) < 4.78 is 0. The van der Waals surface area contributed by atoms with Crippen molar-refractivity contribution in [3.63, 3.8) is 0 Å². The lowest BCUT2D eigenvalue weighted by molar-refractivity contribution is 0.0929. The first-order chi connectivity index (χ1) is 11.6. The fraction of sp³-hybridized carbons (Fsp3) is 0.474. The van der Waals surface area contributed by atoms with Crippen LogP contribution in [-0.4, -0.2) is 28.2 Å². The molecule has 0 amide bonds. The molecule has 1 unspecified atom stereocenters. The predicted octanol–water partition coefficient (Wildman–Crippen LogP) is 3.95. The van der Waals surface area contributed by atoms with Crippen LogP contribution in [0.15, 0.2) is 30.3 Å². The number of aliphatic hydroxyl groups excluding tert-OH is 1. The first-order valence-corrected chi connectivity index (χ1v) is 8.97. The number of piperidine rings is 1. The molecule has 4 nitrogen and oxygen atoms in total. The van der Waals surface area contributed by atoms with Gasteiger partial charge in [-0.25, -0.2) is 9.97 Å². The van der Waals surface area contributed by atoms with Gasteiger partial charge in [-0.15, -0.1) is 0 Å². The molecular weight excluding hydrogens is 322 g/mol. The summed E-state index contributed by atoms with van der Waals surface area (Å²) >= 11 is 5.93. The average molecular weight is 346 g/mol. The average Bonchev–Trinajstić information content (AvgIpc) is 2.61. The van der Waals surface area contributed by atoms with Crippen molar-refractivity contribution in [3.05, 3.63) is 52.4 Å². The van der Waals surface area contributed by atoms with Gasteiger partial charge in [-0.1, -0.05) is 30.7 Å². The second-order valence-electron chi connectivity index (χ2n) is 6.44. The zero-order chi connectivity index (χ0) is 17.1. The van der Waals surface area contributed by atoms with E-state index in [4.69, 9.17) is 11.6 Å². The van der Waals surface area contributed by atoms with E-state index in [1.807, 2.05) is 31.2 Å². The molecule has 1 N–H and O–H groups in total. The fourth-order valence-corrected chi connectivity index (χ4v) is 3.46. The molecule has 1 aromatic carbocycles. The zero-order valence-electron chi connectivity index (χ0n) is 14.2. The molecule has 5 heteroatoms. The Bertz CT molecular complexity index is 682. The van der Waals surface area contributed by atoms with Gasteiger partial charge < -0.3 is 10.0 Å². The van der Waals surface area contributed by atoms with Gasteiger partial charge in [0.15, 0.2) is 0 Å². The molecule has 24 heavy (non-hydrogen) atoms. The summed E-state index contributed by atoms with van der Waals surface area (Å²) in [6.07, 6.45) is 2.40.